The van der Waals surface area contributed by atoms with Crippen molar-refractivity contribution < 1.29 is 9.53 Å². The average Bonchev–Trinajstić information content (AvgIpc) is 2.47. The summed E-state index contributed by atoms with van der Waals surface area (Å²) < 4.78 is 5.29. The topological polar surface area (TPSA) is 50.4 Å². The number of carbonyl (C=O) groups is 1. The summed E-state index contributed by atoms with van der Waals surface area (Å²) >= 11 is 0. The molecule has 0 atom stereocenters. The Morgan fingerprint density at radius 2 is 1.90 bits per heavy atom. The number of ether oxygens (including phenoxy) is 1. The van der Waals surface area contributed by atoms with Gasteiger partial charge in [0, 0.05) is 5.54 Å². The molecule has 1 aromatic rings. The summed E-state index contributed by atoms with van der Waals surface area (Å²) in [4.78, 5) is 11.9. The van der Waals surface area contributed by atoms with Gasteiger partial charge < -0.3 is 15.4 Å². The fourth-order valence-corrected chi connectivity index (χ4v) is 2.67. The highest BCUT2D eigenvalue weighted by Crippen LogP contribution is 2.25. The first-order chi connectivity index (χ1) is 9.58. The Morgan fingerprint density at radius 1 is 1.29 bits per heavy atom. The van der Waals surface area contributed by atoms with Crippen LogP contribution in [0.2, 0.25) is 0 Å². The highest BCUT2D eigenvalue weighted by Gasteiger charge is 2.32. The third-order valence-corrected chi connectivity index (χ3v) is 4.00. The van der Waals surface area contributed by atoms with Gasteiger partial charge >= 0.3 is 6.09 Å². The number of hydrogen-bond acceptors (Lipinski definition) is 3. The lowest BCUT2D eigenvalue weighted by atomic mass is 9.81. The molecule has 2 N–H and O–H groups in total. The Kier molecular flexibility index (Phi) is 6.99. The number of nitrogens with one attached hydrogen (secondary N) is 2. The van der Waals surface area contributed by atoms with E-state index in [1.54, 1.807) is 0 Å². The van der Waals surface area contributed by atoms with Crippen LogP contribution in [0, 0.1) is 5.92 Å². The number of alkyl carbamates (subject to hydrolysis) is 1. The molecule has 4 nitrogen and oxygen atoms in total. The third-order valence-electron chi connectivity index (χ3n) is 4.00. The Bertz CT molecular complexity index is 431. The van der Waals surface area contributed by atoms with Crippen molar-refractivity contribution in [1.82, 2.24) is 10.6 Å². The van der Waals surface area contributed by atoms with Gasteiger partial charge in [0.15, 0.2) is 0 Å². The molecule has 0 aromatic heterocycles. The van der Waals surface area contributed by atoms with Crippen LogP contribution in [0.3, 0.4) is 0 Å². The quantitative estimate of drug-likeness (QED) is 0.898. The minimum atomic E-state index is -0.336. The van der Waals surface area contributed by atoms with Gasteiger partial charge in [-0.25, -0.2) is 4.79 Å². The van der Waals surface area contributed by atoms with E-state index in [4.69, 9.17) is 4.74 Å². The number of benzene rings is 1. The van der Waals surface area contributed by atoms with Crippen LogP contribution in [0.4, 0.5) is 4.79 Å². The van der Waals surface area contributed by atoms with Gasteiger partial charge in [0.1, 0.15) is 6.61 Å². The number of piperidine rings is 1. The predicted molar refractivity (Wildman–Crippen MR) is 86.7 cm³/mol. The SMILES string of the molecule is CC(C)(NC(=O)OCc1ccccc1)C1CCNCC1.Cl. The van der Waals surface area contributed by atoms with Gasteiger partial charge in [0.2, 0.25) is 0 Å². The van der Waals surface area contributed by atoms with Crippen LogP contribution in [0.15, 0.2) is 30.3 Å². The zero-order chi connectivity index (χ0) is 14.4. The normalized spacial score (nSPS) is 15.9. The number of halogens is 1. The molecule has 0 bridgehead atoms. The Labute approximate surface area is 133 Å². The first kappa shape index (κ1) is 17.8. The molecule has 0 spiro atoms. The Morgan fingerprint density at radius 3 is 2.52 bits per heavy atom. The van der Waals surface area contributed by atoms with E-state index in [0.717, 1.165) is 31.5 Å². The first-order valence-corrected chi connectivity index (χ1v) is 7.27. The number of hydrogen-bond donors (Lipinski definition) is 2. The van der Waals surface area contributed by atoms with Crippen LogP contribution in [0.5, 0.6) is 0 Å². The van der Waals surface area contributed by atoms with Gasteiger partial charge in [-0.2, -0.15) is 0 Å². The number of amides is 1. The van der Waals surface area contributed by atoms with E-state index >= 15 is 0 Å². The van der Waals surface area contributed by atoms with Gasteiger partial charge in [-0.3, -0.25) is 0 Å². The molecule has 118 valence electrons. The molecule has 1 aliphatic rings. The fraction of sp³-hybridized carbons (Fsp3) is 0.562. The highest BCUT2D eigenvalue weighted by molar-refractivity contribution is 5.85. The maximum atomic E-state index is 11.9. The molecule has 0 aliphatic carbocycles. The molecule has 0 radical (unpaired) electrons. The molecule has 1 fully saturated rings. The maximum Gasteiger partial charge on any atom is 0.407 e. The van der Waals surface area contributed by atoms with Crippen molar-refractivity contribution in [1.29, 1.82) is 0 Å². The highest BCUT2D eigenvalue weighted by atomic mass is 35.5. The lowest BCUT2D eigenvalue weighted by Crippen LogP contribution is -2.52. The van der Waals surface area contributed by atoms with Crippen LogP contribution in [0.1, 0.15) is 32.3 Å². The molecule has 1 heterocycles. The van der Waals surface area contributed by atoms with Crippen LogP contribution >= 0.6 is 12.4 Å². The van der Waals surface area contributed by atoms with Crippen LogP contribution in [-0.4, -0.2) is 24.7 Å². The third kappa shape index (κ3) is 5.56. The average molecular weight is 313 g/mol. The van der Waals surface area contributed by atoms with E-state index in [0.29, 0.717) is 12.5 Å². The van der Waals surface area contributed by atoms with Gasteiger partial charge in [-0.1, -0.05) is 30.3 Å². The van der Waals surface area contributed by atoms with Crippen molar-refractivity contribution in [3.63, 3.8) is 0 Å². The van der Waals surface area contributed by atoms with E-state index in [-0.39, 0.29) is 24.0 Å². The largest absolute Gasteiger partial charge is 0.445 e. The Hall–Kier alpha value is -1.26. The molecular weight excluding hydrogens is 288 g/mol. The molecule has 2 rings (SSSR count). The zero-order valence-electron chi connectivity index (χ0n) is 12.7. The second-order valence-electron chi connectivity index (χ2n) is 5.93. The standard InChI is InChI=1S/C16H24N2O2.ClH/c1-16(2,14-8-10-17-11-9-14)18-15(19)20-12-13-6-4-3-5-7-13;/h3-7,14,17H,8-12H2,1-2H3,(H,18,19);1H. The second-order valence-corrected chi connectivity index (χ2v) is 5.93. The first-order valence-electron chi connectivity index (χ1n) is 7.27. The van der Waals surface area contributed by atoms with Crippen molar-refractivity contribution in [2.24, 2.45) is 5.92 Å². The van der Waals surface area contributed by atoms with Crippen molar-refractivity contribution >= 4 is 18.5 Å². The molecule has 21 heavy (non-hydrogen) atoms. The van der Waals surface area contributed by atoms with Crippen LogP contribution in [-0.2, 0) is 11.3 Å². The van der Waals surface area contributed by atoms with Crippen molar-refractivity contribution in [2.45, 2.75) is 38.8 Å². The smallest absolute Gasteiger partial charge is 0.407 e. The molecule has 1 aliphatic heterocycles. The predicted octanol–water partition coefficient (Wildman–Crippen LogP) is 3.11. The summed E-state index contributed by atoms with van der Waals surface area (Å²) in [6.07, 6.45) is 1.84. The van der Waals surface area contributed by atoms with Gasteiger partial charge in [0.05, 0.1) is 0 Å². The van der Waals surface area contributed by atoms with Gasteiger partial charge in [0.25, 0.3) is 0 Å². The summed E-state index contributed by atoms with van der Waals surface area (Å²) in [5, 5.41) is 6.35. The van der Waals surface area contributed by atoms with Crippen LogP contribution < -0.4 is 10.6 Å². The lowest BCUT2D eigenvalue weighted by Gasteiger charge is -2.37. The van der Waals surface area contributed by atoms with Crippen molar-refractivity contribution in [3.05, 3.63) is 35.9 Å². The molecule has 1 amide bonds. The Balaban J connectivity index is 0.00000220. The second kappa shape index (κ2) is 8.25. The monoisotopic (exact) mass is 312 g/mol. The molecular formula is C16H25ClN2O2. The number of rotatable bonds is 4. The minimum Gasteiger partial charge on any atom is -0.445 e. The number of carbonyl (C=O) groups excluding carboxylic acids is 1. The maximum absolute atomic E-state index is 11.9. The summed E-state index contributed by atoms with van der Waals surface area (Å²) in [6, 6.07) is 9.73. The molecule has 5 heteroatoms. The van der Waals surface area contributed by atoms with Crippen molar-refractivity contribution in [2.75, 3.05) is 13.1 Å². The van der Waals surface area contributed by atoms with Crippen molar-refractivity contribution in [3.8, 4) is 0 Å². The summed E-state index contributed by atoms with van der Waals surface area (Å²) in [5.74, 6) is 0.494. The van der Waals surface area contributed by atoms with E-state index < -0.39 is 0 Å². The molecule has 0 unspecified atom stereocenters. The lowest BCUT2D eigenvalue weighted by molar-refractivity contribution is 0.115. The van der Waals surface area contributed by atoms with E-state index in [1.807, 2.05) is 30.3 Å². The fourth-order valence-electron chi connectivity index (χ4n) is 2.67. The van der Waals surface area contributed by atoms with E-state index in [2.05, 4.69) is 24.5 Å². The summed E-state index contributed by atoms with van der Waals surface area (Å²) in [5.41, 5.74) is 0.776. The van der Waals surface area contributed by atoms with Gasteiger partial charge in [-0.05, 0) is 51.3 Å². The molecule has 1 saturated heterocycles. The van der Waals surface area contributed by atoms with Gasteiger partial charge in [-0.15, -0.1) is 12.4 Å². The van der Waals surface area contributed by atoms with E-state index in [9.17, 15) is 4.79 Å². The molecule has 0 saturated carbocycles. The summed E-state index contributed by atoms with van der Waals surface area (Å²) in [7, 11) is 0. The minimum absolute atomic E-state index is 0. The van der Waals surface area contributed by atoms with Crippen LogP contribution in [0.25, 0.3) is 0 Å². The molecule has 1 aromatic carbocycles. The zero-order valence-corrected chi connectivity index (χ0v) is 13.5. The summed E-state index contributed by atoms with van der Waals surface area (Å²) in [6.45, 7) is 6.51. The van der Waals surface area contributed by atoms with E-state index in [1.165, 1.54) is 0 Å².